The van der Waals surface area contributed by atoms with Crippen molar-refractivity contribution < 1.29 is 24.5 Å². The van der Waals surface area contributed by atoms with Crippen molar-refractivity contribution in [3.05, 3.63) is 48.6 Å². The minimum Gasteiger partial charge on any atom is -0.478 e. The lowest BCUT2D eigenvalue weighted by Gasteiger charge is -2.52. The number of ether oxygens (including phenoxy) is 1. The molecule has 2 rings (SSSR count). The molecule has 1 aliphatic rings. The van der Waals surface area contributed by atoms with E-state index in [9.17, 15) is 19.8 Å². The van der Waals surface area contributed by atoms with Gasteiger partial charge in [-0.05, 0) is 12.5 Å². The first-order valence-corrected chi connectivity index (χ1v) is 8.76. The van der Waals surface area contributed by atoms with E-state index in [1.54, 1.807) is 0 Å². The number of aliphatic carboxylic acids is 1. The molecule has 7 heteroatoms. The summed E-state index contributed by atoms with van der Waals surface area (Å²) >= 11 is 5.57. The van der Waals surface area contributed by atoms with Crippen LogP contribution in [0.3, 0.4) is 0 Å². The average Bonchev–Trinajstić information content (AvgIpc) is 2.61. The van der Waals surface area contributed by atoms with E-state index in [2.05, 4.69) is 6.58 Å². The summed E-state index contributed by atoms with van der Waals surface area (Å²) in [6.07, 6.45) is -0.945. The van der Waals surface area contributed by atoms with Crippen LogP contribution in [-0.2, 0) is 14.3 Å². The van der Waals surface area contributed by atoms with Gasteiger partial charge < -0.3 is 19.8 Å². The largest absolute Gasteiger partial charge is 0.478 e. The number of amides is 1. The topological polar surface area (TPSA) is 87.1 Å². The third-order valence-corrected chi connectivity index (χ3v) is 5.18. The van der Waals surface area contributed by atoms with Crippen LogP contribution in [0.25, 0.3) is 0 Å². The number of benzene rings is 1. The number of carboxylic acids is 1. The van der Waals surface area contributed by atoms with Gasteiger partial charge in [0.05, 0.1) is 24.7 Å². The average molecular weight is 377 g/mol. The highest BCUT2D eigenvalue weighted by molar-refractivity contribution is 7.80. The molecule has 26 heavy (non-hydrogen) atoms. The molecule has 1 fully saturated rings. The summed E-state index contributed by atoms with van der Waals surface area (Å²) in [6.45, 7) is 6.84. The zero-order chi connectivity index (χ0) is 19.4. The van der Waals surface area contributed by atoms with Crippen LogP contribution >= 0.6 is 12.2 Å². The second-order valence-corrected chi connectivity index (χ2v) is 6.77. The van der Waals surface area contributed by atoms with Gasteiger partial charge in [-0.25, -0.2) is 4.79 Å². The molecule has 0 aliphatic carbocycles. The van der Waals surface area contributed by atoms with Gasteiger partial charge >= 0.3 is 5.97 Å². The third kappa shape index (κ3) is 3.85. The Kier molecular flexibility index (Phi) is 6.63. The number of carbonyl (C=O) groups is 2. The van der Waals surface area contributed by atoms with Crippen molar-refractivity contribution in [2.75, 3.05) is 6.61 Å². The van der Waals surface area contributed by atoms with Crippen LogP contribution < -0.4 is 0 Å². The fourth-order valence-electron chi connectivity index (χ4n) is 3.32. The van der Waals surface area contributed by atoms with Crippen molar-refractivity contribution in [2.24, 2.45) is 11.8 Å². The normalized spacial score (nSPS) is 22.9. The molecular formula is C19H23NO5S. The van der Waals surface area contributed by atoms with E-state index in [-0.39, 0.29) is 12.5 Å². The summed E-state index contributed by atoms with van der Waals surface area (Å²) in [4.78, 5) is 25.9. The highest BCUT2D eigenvalue weighted by Gasteiger charge is 2.56. The first-order valence-electron chi connectivity index (χ1n) is 8.36. The van der Waals surface area contributed by atoms with E-state index in [1.807, 2.05) is 37.3 Å². The van der Waals surface area contributed by atoms with Gasteiger partial charge in [0.2, 0.25) is 12.1 Å². The lowest BCUT2D eigenvalue weighted by Crippen LogP contribution is -2.71. The zero-order valence-electron chi connectivity index (χ0n) is 14.7. The fourth-order valence-corrected chi connectivity index (χ4v) is 3.60. The Morgan fingerprint density at radius 1 is 1.38 bits per heavy atom. The minimum atomic E-state index is -1.44. The summed E-state index contributed by atoms with van der Waals surface area (Å²) in [5, 5.41) is 19.5. The van der Waals surface area contributed by atoms with Gasteiger partial charge in [0.1, 0.15) is 0 Å². The SMILES string of the molecule is C=CCOC(C(=O)O)N1C(=O)[C@H]([C@@H](C)O)[C@H]1[C@@H](C)C(=S)c1ccccc1. The second kappa shape index (κ2) is 8.53. The number of carboxylic acid groups (broad SMARTS) is 1. The fraction of sp³-hybridized carbons (Fsp3) is 0.421. The molecule has 0 aromatic heterocycles. The number of hydrogen-bond donors (Lipinski definition) is 2. The molecular weight excluding hydrogens is 354 g/mol. The summed E-state index contributed by atoms with van der Waals surface area (Å²) in [5.74, 6) is -2.78. The predicted octanol–water partition coefficient (Wildman–Crippen LogP) is 1.86. The highest BCUT2D eigenvalue weighted by atomic mass is 32.1. The maximum atomic E-state index is 12.5. The molecule has 1 aromatic carbocycles. The molecule has 1 amide bonds. The van der Waals surface area contributed by atoms with E-state index in [0.29, 0.717) is 4.86 Å². The van der Waals surface area contributed by atoms with Crippen molar-refractivity contribution in [3.63, 3.8) is 0 Å². The van der Waals surface area contributed by atoms with Gasteiger partial charge in [-0.2, -0.15) is 0 Å². The van der Waals surface area contributed by atoms with Crippen LogP contribution in [0.2, 0.25) is 0 Å². The Morgan fingerprint density at radius 3 is 2.50 bits per heavy atom. The van der Waals surface area contributed by atoms with E-state index in [0.717, 1.165) is 5.56 Å². The van der Waals surface area contributed by atoms with Gasteiger partial charge in [-0.3, -0.25) is 4.79 Å². The predicted molar refractivity (Wildman–Crippen MR) is 101 cm³/mol. The molecule has 0 bridgehead atoms. The summed E-state index contributed by atoms with van der Waals surface area (Å²) in [5.41, 5.74) is 0.831. The third-order valence-electron chi connectivity index (χ3n) is 4.57. The quantitative estimate of drug-likeness (QED) is 0.296. The second-order valence-electron chi connectivity index (χ2n) is 6.33. The number of aliphatic hydroxyl groups excluding tert-OH is 1. The summed E-state index contributed by atoms with van der Waals surface area (Å²) in [7, 11) is 0. The van der Waals surface area contributed by atoms with Crippen molar-refractivity contribution in [1.29, 1.82) is 0 Å². The monoisotopic (exact) mass is 377 g/mol. The Hall–Kier alpha value is -2.09. The number of likely N-dealkylation sites (tertiary alicyclic amines) is 1. The maximum Gasteiger partial charge on any atom is 0.354 e. The van der Waals surface area contributed by atoms with E-state index in [4.69, 9.17) is 17.0 Å². The molecule has 6 nitrogen and oxygen atoms in total. The Morgan fingerprint density at radius 2 is 2.00 bits per heavy atom. The van der Waals surface area contributed by atoms with Crippen molar-refractivity contribution >= 4 is 29.0 Å². The molecule has 1 aliphatic heterocycles. The number of β-lactam (4-membered cyclic amide) rings is 1. The Balaban J connectivity index is 2.32. The van der Waals surface area contributed by atoms with Gasteiger partial charge in [0.15, 0.2) is 0 Å². The first-order chi connectivity index (χ1) is 12.3. The molecule has 5 atom stereocenters. The Bertz CT molecular complexity index is 690. The van der Waals surface area contributed by atoms with Gasteiger partial charge in [-0.15, -0.1) is 6.58 Å². The van der Waals surface area contributed by atoms with Crippen LogP contribution in [0.15, 0.2) is 43.0 Å². The summed E-state index contributed by atoms with van der Waals surface area (Å²) < 4.78 is 5.28. The van der Waals surface area contributed by atoms with Gasteiger partial charge in [-0.1, -0.05) is 55.5 Å². The lowest BCUT2D eigenvalue weighted by molar-refractivity contribution is -0.202. The van der Waals surface area contributed by atoms with Gasteiger partial charge in [0.25, 0.3) is 0 Å². The molecule has 0 saturated carbocycles. The van der Waals surface area contributed by atoms with Crippen molar-refractivity contribution in [3.8, 4) is 0 Å². The highest BCUT2D eigenvalue weighted by Crippen LogP contribution is 2.38. The van der Waals surface area contributed by atoms with Crippen LogP contribution in [0, 0.1) is 11.8 Å². The minimum absolute atomic E-state index is 0.00960. The van der Waals surface area contributed by atoms with E-state index in [1.165, 1.54) is 17.9 Å². The van der Waals surface area contributed by atoms with Crippen LogP contribution in [0.1, 0.15) is 19.4 Å². The molecule has 1 saturated heterocycles. The number of hydrogen-bond acceptors (Lipinski definition) is 5. The number of aliphatic hydroxyl groups is 1. The van der Waals surface area contributed by atoms with Crippen LogP contribution in [0.5, 0.6) is 0 Å². The standard InChI is InChI=1S/C19H23NO5S/c1-4-10-25-18(19(23)24)20-15(14(12(3)21)17(20)22)11(2)16(26)13-8-6-5-7-9-13/h4-9,11-12,14-15,18,21H,1,10H2,2-3H3,(H,23,24)/t11-,12-,14-,15-,18?/m1/s1. The number of thiocarbonyl (C=S) groups is 1. The van der Waals surface area contributed by atoms with Crippen LogP contribution in [-0.4, -0.2) is 56.8 Å². The first kappa shape index (κ1) is 20.2. The smallest absolute Gasteiger partial charge is 0.354 e. The van der Waals surface area contributed by atoms with E-state index < -0.39 is 36.2 Å². The van der Waals surface area contributed by atoms with Crippen LogP contribution in [0.4, 0.5) is 0 Å². The lowest BCUT2D eigenvalue weighted by atomic mass is 9.74. The maximum absolute atomic E-state index is 12.5. The molecule has 1 heterocycles. The molecule has 1 unspecified atom stereocenters. The molecule has 0 radical (unpaired) electrons. The van der Waals surface area contributed by atoms with Crippen molar-refractivity contribution in [2.45, 2.75) is 32.2 Å². The van der Waals surface area contributed by atoms with E-state index >= 15 is 0 Å². The van der Waals surface area contributed by atoms with Gasteiger partial charge in [0, 0.05) is 10.8 Å². The summed E-state index contributed by atoms with van der Waals surface area (Å²) in [6, 6.07) is 8.75. The number of nitrogens with zero attached hydrogens (tertiary/aromatic N) is 1. The molecule has 0 spiro atoms. The zero-order valence-corrected chi connectivity index (χ0v) is 15.6. The number of rotatable bonds is 9. The number of carbonyl (C=O) groups excluding carboxylic acids is 1. The molecule has 2 N–H and O–H groups in total. The van der Waals surface area contributed by atoms with Crippen molar-refractivity contribution in [1.82, 2.24) is 4.90 Å². The molecule has 1 aromatic rings. The Labute approximate surface area is 158 Å². The molecule has 140 valence electrons.